The Morgan fingerprint density at radius 1 is 0.338 bits per heavy atom. The zero-order chi connectivity index (χ0) is 46.4. The molecule has 0 saturated carbocycles. The van der Waals surface area contributed by atoms with E-state index in [0.29, 0.717) is 30.9 Å². The molecule has 0 saturated heterocycles. The first kappa shape index (κ1) is 43.9. The summed E-state index contributed by atoms with van der Waals surface area (Å²) in [5.74, 6) is 2.08. The highest BCUT2D eigenvalue weighted by Gasteiger charge is 2.14. The van der Waals surface area contributed by atoms with Gasteiger partial charge in [-0.15, -0.1) is 0 Å². The van der Waals surface area contributed by atoms with Crippen LogP contribution in [0, 0.1) is 0 Å². The quantitative estimate of drug-likeness (QED) is 0.154. The average molecular weight is 947 g/mol. The lowest BCUT2D eigenvalue weighted by Crippen LogP contribution is -1.99. The molecule has 68 heavy (non-hydrogen) atoms. The van der Waals surface area contributed by atoms with Gasteiger partial charge in [-0.05, 0) is 106 Å². The lowest BCUT2D eigenvalue weighted by molar-refractivity contribution is 0.454. The molecule has 0 spiro atoms. The van der Waals surface area contributed by atoms with Crippen LogP contribution in [-0.4, -0.2) is 42.6 Å². The summed E-state index contributed by atoms with van der Waals surface area (Å²) in [4.78, 5) is 25.3. The third kappa shape index (κ3) is 9.78. The molecule has 8 aromatic carbocycles. The van der Waals surface area contributed by atoms with E-state index in [1.165, 1.54) is 0 Å². The van der Waals surface area contributed by atoms with Gasteiger partial charge >= 0.3 is 7.69 Å². The van der Waals surface area contributed by atoms with Crippen molar-refractivity contribution in [1.29, 1.82) is 0 Å². The molecule has 1 N–H and O–H groups in total. The highest BCUT2D eigenvalue weighted by atomic mass is 35.5. The minimum absolute atomic E-state index is 0.0645. The van der Waals surface area contributed by atoms with E-state index in [0.717, 1.165) is 82.8 Å². The normalized spacial score (nSPS) is 10.9. The maximum Gasteiger partial charge on any atom is 0.569 e. The summed E-state index contributed by atoms with van der Waals surface area (Å²) in [6, 6.07) is 63.6. The summed E-state index contributed by atoms with van der Waals surface area (Å²) in [7, 11) is 0.678. The van der Waals surface area contributed by atoms with Crippen molar-refractivity contribution in [3.05, 3.63) is 210 Å². The van der Waals surface area contributed by atoms with Gasteiger partial charge in [-0.1, -0.05) is 146 Å². The molecule has 0 atom stereocenters. The van der Waals surface area contributed by atoms with E-state index in [2.05, 4.69) is 60.2 Å². The minimum Gasteiger partial charge on any atom is -0.537 e. The van der Waals surface area contributed by atoms with Gasteiger partial charge in [0.1, 0.15) is 28.1 Å². The second kappa shape index (κ2) is 19.9. The number of nitrogens with zero attached hydrogens (tertiary/aromatic N) is 6. The van der Waals surface area contributed by atoms with Crippen LogP contribution in [-0.2, 0) is 0 Å². The Bertz CT molecular complexity index is 3670. The average Bonchev–Trinajstić information content (AvgIpc) is 3.95. The predicted molar refractivity (Wildman–Crippen MR) is 271 cm³/mol. The fraction of sp³-hybridized carbons (Fsp3) is 0. The molecule has 1 radical (unpaired) electrons. The van der Waals surface area contributed by atoms with Gasteiger partial charge in [0.15, 0.2) is 17.5 Å². The zero-order valence-electron chi connectivity index (χ0n) is 35.5. The van der Waals surface area contributed by atoms with Crippen LogP contribution in [0.2, 0.25) is 15.9 Å². The standard InChI is InChI=1S/C27H16ClN3O.C15H7Cl2N3O.C12H10BO2/c28-27-30-25(19-12-10-18(11-13-19)17-6-2-1-3-7-17)29-26(31-27)20-14-15-22-21-8-4-5-9-23(21)32-24(22)16-20;16-14-18-13(19-15(17)20-14)8-5-6-10-9-3-1-2-4-11(9)21-12(10)7-8;14-13-15-12-8-6-11(7-9-12)10-4-2-1-3-5-10/h1-16H;1-7H;1-9,14H. The molecule has 10 nitrogen and oxygen atoms in total. The van der Waals surface area contributed by atoms with Gasteiger partial charge in [0.05, 0.1) is 0 Å². The molecular weight excluding hydrogens is 914 g/mol. The van der Waals surface area contributed by atoms with Crippen LogP contribution >= 0.6 is 34.8 Å². The van der Waals surface area contributed by atoms with E-state index in [4.69, 9.17) is 53.3 Å². The van der Waals surface area contributed by atoms with Gasteiger partial charge in [0, 0.05) is 38.2 Å². The van der Waals surface area contributed by atoms with Crippen LogP contribution in [0.1, 0.15) is 0 Å². The molecule has 0 aliphatic rings. The van der Waals surface area contributed by atoms with Crippen molar-refractivity contribution >= 4 is 86.4 Å². The molecule has 0 unspecified atom stereocenters. The van der Waals surface area contributed by atoms with Gasteiger partial charge in [0.2, 0.25) is 15.9 Å². The van der Waals surface area contributed by atoms with Gasteiger partial charge in [-0.2, -0.15) is 24.9 Å². The number of halogens is 3. The monoisotopic (exact) mass is 945 g/mol. The first-order valence-corrected chi connectivity index (χ1v) is 22.2. The summed E-state index contributed by atoms with van der Waals surface area (Å²) in [5.41, 5.74) is 10.3. The first-order valence-electron chi connectivity index (χ1n) is 21.1. The molecule has 14 heteroatoms. The first-order chi connectivity index (χ1) is 33.3. The number of hydrogen-bond acceptors (Lipinski definition) is 10. The molecule has 0 aliphatic carbocycles. The van der Waals surface area contributed by atoms with Crippen molar-refractivity contribution in [3.63, 3.8) is 0 Å². The summed E-state index contributed by atoms with van der Waals surface area (Å²) in [5, 5.41) is 13.0. The molecule has 0 bridgehead atoms. The van der Waals surface area contributed by atoms with Crippen LogP contribution in [0.15, 0.2) is 203 Å². The van der Waals surface area contributed by atoms with E-state index in [1.807, 2.05) is 164 Å². The highest BCUT2D eigenvalue weighted by Crippen LogP contribution is 2.34. The maximum atomic E-state index is 8.46. The lowest BCUT2D eigenvalue weighted by atomic mass is 10.0. The molecule has 4 aromatic heterocycles. The summed E-state index contributed by atoms with van der Waals surface area (Å²) >= 11 is 17.9. The molecule has 4 heterocycles. The Hall–Kier alpha value is -7.93. The second-order valence-corrected chi connectivity index (χ2v) is 16.1. The Morgan fingerprint density at radius 2 is 0.691 bits per heavy atom. The minimum atomic E-state index is 0.0645. The van der Waals surface area contributed by atoms with E-state index >= 15 is 0 Å². The Balaban J connectivity index is 0.000000129. The largest absolute Gasteiger partial charge is 0.569 e. The Kier molecular flexibility index (Phi) is 12.9. The van der Waals surface area contributed by atoms with Crippen molar-refractivity contribution in [1.82, 2.24) is 29.9 Å². The van der Waals surface area contributed by atoms with E-state index in [-0.39, 0.29) is 15.9 Å². The fourth-order valence-corrected chi connectivity index (χ4v) is 8.18. The lowest BCUT2D eigenvalue weighted by Gasteiger charge is -2.06. The molecule has 0 aliphatic heterocycles. The van der Waals surface area contributed by atoms with Gasteiger partial charge in [-0.25, -0.2) is 4.98 Å². The van der Waals surface area contributed by atoms with E-state index < -0.39 is 0 Å². The number of aromatic nitrogens is 6. The van der Waals surface area contributed by atoms with Crippen molar-refractivity contribution in [2.45, 2.75) is 0 Å². The number of benzene rings is 8. The fourth-order valence-electron chi connectivity index (χ4n) is 7.65. The predicted octanol–water partition coefficient (Wildman–Crippen LogP) is 14.4. The van der Waals surface area contributed by atoms with Crippen LogP contribution in [0.5, 0.6) is 5.75 Å². The Labute approximate surface area is 404 Å². The molecule has 12 aromatic rings. The van der Waals surface area contributed by atoms with Crippen molar-refractivity contribution in [3.8, 4) is 62.2 Å². The van der Waals surface area contributed by atoms with E-state index in [1.54, 1.807) is 0 Å². The summed E-state index contributed by atoms with van der Waals surface area (Å²) < 4.78 is 16.7. The zero-order valence-corrected chi connectivity index (χ0v) is 37.8. The van der Waals surface area contributed by atoms with Crippen LogP contribution in [0.25, 0.3) is 100 Å². The van der Waals surface area contributed by atoms with E-state index in [9.17, 15) is 0 Å². The summed E-state index contributed by atoms with van der Waals surface area (Å²) in [6.07, 6.45) is 0. The van der Waals surface area contributed by atoms with Crippen molar-refractivity contribution in [2.24, 2.45) is 0 Å². The highest BCUT2D eigenvalue weighted by molar-refractivity contribution is 6.31. The third-order valence-electron chi connectivity index (χ3n) is 10.9. The number of hydrogen-bond donors (Lipinski definition) is 1. The molecule has 0 amide bonds. The van der Waals surface area contributed by atoms with Crippen LogP contribution in [0.4, 0.5) is 0 Å². The van der Waals surface area contributed by atoms with Crippen LogP contribution < -0.4 is 4.65 Å². The number of furan rings is 2. The molecule has 0 fully saturated rings. The Morgan fingerprint density at radius 3 is 1.18 bits per heavy atom. The second-order valence-electron chi connectivity index (χ2n) is 15.1. The van der Waals surface area contributed by atoms with Gasteiger partial charge in [-0.3, -0.25) is 0 Å². The van der Waals surface area contributed by atoms with Gasteiger partial charge in [0.25, 0.3) is 0 Å². The summed E-state index contributed by atoms with van der Waals surface area (Å²) in [6.45, 7) is 0. The topological polar surface area (TPSA) is 133 Å². The molecule has 327 valence electrons. The van der Waals surface area contributed by atoms with Crippen molar-refractivity contribution < 1.29 is 18.5 Å². The number of para-hydroxylation sites is 2. The molecular formula is C54H33BCl3N6O4. The number of rotatable bonds is 7. The smallest absolute Gasteiger partial charge is 0.537 e. The SMILES string of the molecule is Clc1nc(-c2ccc(-c3ccccc3)cc2)nc(-c2ccc3c(c2)oc2ccccc23)n1.Clc1nc(Cl)nc(-c2ccc3c(c2)oc2ccccc23)n1.O[B]Oc1ccc(-c2ccccc2)cc1. The maximum absolute atomic E-state index is 8.46. The van der Waals surface area contributed by atoms with Crippen LogP contribution in [0.3, 0.4) is 0 Å². The van der Waals surface area contributed by atoms with Gasteiger partial charge < -0.3 is 18.5 Å². The van der Waals surface area contributed by atoms with Crippen molar-refractivity contribution in [2.75, 3.05) is 0 Å². The third-order valence-corrected chi connectivity index (χ3v) is 11.4. The number of fused-ring (bicyclic) bond motifs is 6. The molecule has 12 rings (SSSR count).